The zero-order valence-corrected chi connectivity index (χ0v) is 12.9. The van der Waals surface area contributed by atoms with Gasteiger partial charge in [0.15, 0.2) is 0 Å². The number of carbonyl (C=O) groups excluding carboxylic acids is 1. The van der Waals surface area contributed by atoms with E-state index in [1.807, 2.05) is 12.3 Å². The number of aryl methyl sites for hydroxylation is 1. The Labute approximate surface area is 128 Å². The van der Waals surface area contributed by atoms with Crippen LogP contribution < -0.4 is 0 Å². The van der Waals surface area contributed by atoms with E-state index < -0.39 is 12.0 Å². The maximum Gasteiger partial charge on any atom is 0.326 e. The number of carboxylic acids is 1. The van der Waals surface area contributed by atoms with Gasteiger partial charge in [0.1, 0.15) is 6.04 Å². The standard InChI is InChI=1S/C15H20N2O3S/c1-9-16-11(8-21-9)7-14(18)17-12-5-3-2-4-10(12)6-13(17)15(19)20/h8,10,12-13H,2-7H2,1H3,(H,19,20)/t10-,12-,13-/m0/s1. The van der Waals surface area contributed by atoms with E-state index in [-0.39, 0.29) is 18.4 Å². The summed E-state index contributed by atoms with van der Waals surface area (Å²) in [7, 11) is 0. The van der Waals surface area contributed by atoms with Gasteiger partial charge >= 0.3 is 5.97 Å². The van der Waals surface area contributed by atoms with Crippen LogP contribution in [-0.2, 0) is 16.0 Å². The highest BCUT2D eigenvalue weighted by Gasteiger charge is 2.47. The van der Waals surface area contributed by atoms with Gasteiger partial charge in [0.05, 0.1) is 17.1 Å². The molecule has 2 fully saturated rings. The van der Waals surface area contributed by atoms with Gasteiger partial charge in [-0.15, -0.1) is 11.3 Å². The van der Waals surface area contributed by atoms with Crippen molar-refractivity contribution < 1.29 is 14.7 Å². The number of aliphatic carboxylic acids is 1. The maximum absolute atomic E-state index is 12.6. The van der Waals surface area contributed by atoms with Crippen molar-refractivity contribution in [2.45, 2.75) is 57.5 Å². The minimum Gasteiger partial charge on any atom is -0.480 e. The van der Waals surface area contributed by atoms with Crippen LogP contribution >= 0.6 is 11.3 Å². The van der Waals surface area contributed by atoms with Crippen LogP contribution in [-0.4, -0.2) is 39.0 Å². The second-order valence-electron chi connectivity index (χ2n) is 6.04. The predicted octanol–water partition coefficient (Wildman–Crippen LogP) is 2.24. The Balaban J connectivity index is 1.79. The van der Waals surface area contributed by atoms with Crippen molar-refractivity contribution in [1.29, 1.82) is 0 Å². The van der Waals surface area contributed by atoms with E-state index in [2.05, 4.69) is 4.98 Å². The molecule has 0 aromatic carbocycles. The lowest BCUT2D eigenvalue weighted by molar-refractivity contribution is -0.149. The monoisotopic (exact) mass is 308 g/mol. The van der Waals surface area contributed by atoms with Crippen LogP contribution in [0.1, 0.15) is 42.8 Å². The summed E-state index contributed by atoms with van der Waals surface area (Å²) in [6.07, 6.45) is 5.07. The molecule has 2 aliphatic rings. The molecule has 1 aromatic rings. The van der Waals surface area contributed by atoms with E-state index in [4.69, 9.17) is 0 Å². The fourth-order valence-corrected chi connectivity index (χ4v) is 4.39. The number of carbonyl (C=O) groups is 2. The topological polar surface area (TPSA) is 70.5 Å². The quantitative estimate of drug-likeness (QED) is 0.929. The molecule has 6 heteroatoms. The molecule has 0 spiro atoms. The van der Waals surface area contributed by atoms with Crippen molar-refractivity contribution >= 4 is 23.2 Å². The number of thiazole rings is 1. The van der Waals surface area contributed by atoms with Crippen molar-refractivity contribution in [3.63, 3.8) is 0 Å². The Hall–Kier alpha value is -1.43. The molecule has 0 radical (unpaired) electrons. The Bertz CT molecular complexity index is 557. The van der Waals surface area contributed by atoms with Gasteiger partial charge < -0.3 is 10.0 Å². The molecule has 5 nitrogen and oxygen atoms in total. The average molecular weight is 308 g/mol. The van der Waals surface area contributed by atoms with Crippen LogP contribution in [0.15, 0.2) is 5.38 Å². The fraction of sp³-hybridized carbons (Fsp3) is 0.667. The van der Waals surface area contributed by atoms with Gasteiger partial charge in [-0.05, 0) is 32.1 Å². The van der Waals surface area contributed by atoms with Crippen molar-refractivity contribution in [1.82, 2.24) is 9.88 Å². The summed E-state index contributed by atoms with van der Waals surface area (Å²) in [5, 5.41) is 12.3. The number of rotatable bonds is 3. The molecule has 1 amide bonds. The van der Waals surface area contributed by atoms with Crippen LogP contribution in [0.2, 0.25) is 0 Å². The molecule has 3 rings (SSSR count). The van der Waals surface area contributed by atoms with Gasteiger partial charge in [0, 0.05) is 11.4 Å². The normalized spacial score (nSPS) is 28.4. The average Bonchev–Trinajstić information content (AvgIpc) is 3.02. The summed E-state index contributed by atoms with van der Waals surface area (Å²) in [5.41, 5.74) is 0.755. The van der Waals surface area contributed by atoms with Crippen molar-refractivity contribution in [2.24, 2.45) is 5.92 Å². The summed E-state index contributed by atoms with van der Waals surface area (Å²) in [6, 6.07) is -0.530. The molecule has 1 aliphatic carbocycles. The highest BCUT2D eigenvalue weighted by molar-refractivity contribution is 7.09. The van der Waals surface area contributed by atoms with Gasteiger partial charge in [0.25, 0.3) is 0 Å². The van der Waals surface area contributed by atoms with Gasteiger partial charge in [-0.1, -0.05) is 12.8 Å². The molecule has 0 bridgehead atoms. The van der Waals surface area contributed by atoms with Crippen LogP contribution in [0.3, 0.4) is 0 Å². The maximum atomic E-state index is 12.6. The predicted molar refractivity (Wildman–Crippen MR) is 79.2 cm³/mol. The van der Waals surface area contributed by atoms with Crippen molar-refractivity contribution in [3.05, 3.63) is 16.1 Å². The van der Waals surface area contributed by atoms with Crippen molar-refractivity contribution in [2.75, 3.05) is 0 Å². The first-order chi connectivity index (χ1) is 10.1. The summed E-state index contributed by atoms with van der Waals surface area (Å²) in [6.45, 7) is 1.91. The third-order valence-electron chi connectivity index (χ3n) is 4.66. The van der Waals surface area contributed by atoms with Crippen LogP contribution in [0, 0.1) is 12.8 Å². The molecule has 3 atom stereocenters. The van der Waals surface area contributed by atoms with Gasteiger partial charge in [-0.2, -0.15) is 0 Å². The van der Waals surface area contributed by atoms with Crippen LogP contribution in [0.5, 0.6) is 0 Å². The van der Waals surface area contributed by atoms with Crippen LogP contribution in [0.4, 0.5) is 0 Å². The summed E-state index contributed by atoms with van der Waals surface area (Å²) in [4.78, 5) is 30.1. The number of likely N-dealkylation sites (tertiary alicyclic amines) is 1. The number of hydrogen-bond acceptors (Lipinski definition) is 4. The lowest BCUT2D eigenvalue weighted by atomic mass is 9.84. The summed E-state index contributed by atoms with van der Waals surface area (Å²) in [5.74, 6) is -0.588. The first kappa shape index (κ1) is 14.5. The van der Waals surface area contributed by atoms with Crippen LogP contribution in [0.25, 0.3) is 0 Å². The Morgan fingerprint density at radius 2 is 2.19 bits per heavy atom. The second kappa shape index (κ2) is 5.75. The van der Waals surface area contributed by atoms with E-state index in [9.17, 15) is 14.7 Å². The molecular formula is C15H20N2O3S. The highest BCUT2D eigenvalue weighted by atomic mass is 32.1. The second-order valence-corrected chi connectivity index (χ2v) is 7.10. The summed E-state index contributed by atoms with van der Waals surface area (Å²) < 4.78 is 0. The zero-order valence-electron chi connectivity index (χ0n) is 12.1. The zero-order chi connectivity index (χ0) is 15.0. The summed E-state index contributed by atoms with van der Waals surface area (Å²) >= 11 is 1.52. The van der Waals surface area contributed by atoms with E-state index >= 15 is 0 Å². The number of amides is 1. The largest absolute Gasteiger partial charge is 0.480 e. The number of fused-ring (bicyclic) bond motifs is 1. The molecule has 1 saturated carbocycles. The molecule has 0 unspecified atom stereocenters. The molecule has 1 aliphatic heterocycles. The Kier molecular flexibility index (Phi) is 3.97. The number of carboxylic acid groups (broad SMARTS) is 1. The molecule has 114 valence electrons. The Morgan fingerprint density at radius 1 is 1.43 bits per heavy atom. The lowest BCUT2D eigenvalue weighted by Gasteiger charge is -2.32. The van der Waals surface area contributed by atoms with E-state index in [0.29, 0.717) is 12.3 Å². The van der Waals surface area contributed by atoms with Gasteiger partial charge in [-0.3, -0.25) is 4.79 Å². The minimum atomic E-state index is -0.868. The lowest BCUT2D eigenvalue weighted by Crippen LogP contribution is -2.46. The minimum absolute atomic E-state index is 0.0814. The van der Waals surface area contributed by atoms with Gasteiger partial charge in [-0.25, -0.2) is 9.78 Å². The van der Waals surface area contributed by atoms with Crippen molar-refractivity contribution in [3.8, 4) is 0 Å². The molecule has 2 heterocycles. The molecule has 1 N–H and O–H groups in total. The first-order valence-electron chi connectivity index (χ1n) is 7.51. The number of nitrogens with zero attached hydrogens (tertiary/aromatic N) is 2. The van der Waals surface area contributed by atoms with Gasteiger partial charge in [0.2, 0.25) is 5.91 Å². The smallest absolute Gasteiger partial charge is 0.326 e. The molecule has 1 aromatic heterocycles. The SMILES string of the molecule is Cc1nc(CC(=O)N2[C@H](C(=O)O)C[C@@H]3CCCC[C@@H]32)cs1. The third-order valence-corrected chi connectivity index (χ3v) is 5.48. The Morgan fingerprint density at radius 3 is 2.86 bits per heavy atom. The third kappa shape index (κ3) is 2.81. The molecule has 1 saturated heterocycles. The van der Waals surface area contributed by atoms with E-state index in [0.717, 1.165) is 36.4 Å². The molecular weight excluding hydrogens is 288 g/mol. The van der Waals surface area contributed by atoms with E-state index in [1.54, 1.807) is 4.90 Å². The fourth-order valence-electron chi connectivity index (χ4n) is 3.77. The molecule has 21 heavy (non-hydrogen) atoms. The van der Waals surface area contributed by atoms with E-state index in [1.165, 1.54) is 11.3 Å². The number of hydrogen-bond donors (Lipinski definition) is 1. The first-order valence-corrected chi connectivity index (χ1v) is 8.39. The number of aromatic nitrogens is 1. The highest BCUT2D eigenvalue weighted by Crippen LogP contribution is 2.40.